The average molecular weight is 232 g/mol. The highest BCUT2D eigenvalue weighted by molar-refractivity contribution is 5.98. The third-order valence-corrected chi connectivity index (χ3v) is 3.85. The van der Waals surface area contributed by atoms with E-state index in [-0.39, 0.29) is 11.9 Å². The summed E-state index contributed by atoms with van der Waals surface area (Å²) in [7, 11) is 0. The van der Waals surface area contributed by atoms with Crippen LogP contribution in [0.2, 0.25) is 0 Å². The lowest BCUT2D eigenvalue weighted by Gasteiger charge is -2.28. The number of carbonyl (C=O) groups excluding carboxylic acids is 1. The number of Topliss-reactive ketones (excluding diaryl/α,β-unsaturated/α-hetero) is 1. The van der Waals surface area contributed by atoms with Gasteiger partial charge in [0.2, 0.25) is 0 Å². The lowest BCUT2D eigenvalue weighted by atomic mass is 9.87. The molecule has 17 heavy (non-hydrogen) atoms. The molecule has 0 aromatic heterocycles. The summed E-state index contributed by atoms with van der Waals surface area (Å²) in [5.41, 5.74) is 5.43. The van der Waals surface area contributed by atoms with E-state index in [1.807, 2.05) is 13.8 Å². The van der Waals surface area contributed by atoms with E-state index >= 15 is 0 Å². The van der Waals surface area contributed by atoms with Crippen molar-refractivity contribution in [3.8, 4) is 5.75 Å². The molecule has 0 saturated heterocycles. The maximum atomic E-state index is 11.7. The Morgan fingerprint density at radius 3 is 2.41 bits per heavy atom. The van der Waals surface area contributed by atoms with Gasteiger partial charge in [0.15, 0.2) is 5.78 Å². The van der Waals surface area contributed by atoms with Crippen molar-refractivity contribution < 1.29 is 9.53 Å². The quantitative estimate of drug-likeness (QED) is 0.692. The average Bonchev–Trinajstić information content (AvgIpc) is 2.25. The van der Waals surface area contributed by atoms with E-state index in [1.54, 1.807) is 6.92 Å². The first kappa shape index (κ1) is 12.2. The van der Waals surface area contributed by atoms with Gasteiger partial charge in [-0.2, -0.15) is 0 Å². The van der Waals surface area contributed by atoms with Gasteiger partial charge in [-0.3, -0.25) is 4.79 Å². The zero-order valence-electron chi connectivity index (χ0n) is 11.3. The number of rotatable bonds is 1. The highest BCUT2D eigenvalue weighted by atomic mass is 16.5. The van der Waals surface area contributed by atoms with Gasteiger partial charge in [-0.1, -0.05) is 0 Å². The molecule has 1 unspecified atom stereocenters. The van der Waals surface area contributed by atoms with Gasteiger partial charge in [0, 0.05) is 5.56 Å². The molecule has 2 heteroatoms. The van der Waals surface area contributed by atoms with Gasteiger partial charge in [-0.15, -0.1) is 0 Å². The molecule has 2 nitrogen and oxygen atoms in total. The molecule has 0 N–H and O–H groups in total. The van der Waals surface area contributed by atoms with Crippen molar-refractivity contribution >= 4 is 5.78 Å². The van der Waals surface area contributed by atoms with E-state index in [0.29, 0.717) is 0 Å². The topological polar surface area (TPSA) is 26.3 Å². The molecule has 1 heterocycles. The van der Waals surface area contributed by atoms with Gasteiger partial charge in [0.05, 0.1) is 6.10 Å². The summed E-state index contributed by atoms with van der Waals surface area (Å²) in [4.78, 5) is 11.7. The molecule has 1 aliphatic rings. The number of ketones is 1. The maximum absolute atomic E-state index is 11.7. The third kappa shape index (κ3) is 1.86. The number of hydrogen-bond donors (Lipinski definition) is 0. The summed E-state index contributed by atoms with van der Waals surface area (Å²) in [6.07, 6.45) is 2.33. The Morgan fingerprint density at radius 1 is 1.18 bits per heavy atom. The van der Waals surface area contributed by atoms with Crippen LogP contribution in [-0.2, 0) is 6.42 Å². The summed E-state index contributed by atoms with van der Waals surface area (Å²) in [5, 5.41) is 0. The highest BCUT2D eigenvalue weighted by Gasteiger charge is 2.25. The fraction of sp³-hybridized carbons (Fsp3) is 0.533. The van der Waals surface area contributed by atoms with Crippen molar-refractivity contribution in [2.45, 2.75) is 53.6 Å². The van der Waals surface area contributed by atoms with Crippen molar-refractivity contribution in [2.24, 2.45) is 0 Å². The van der Waals surface area contributed by atoms with Crippen molar-refractivity contribution in [3.63, 3.8) is 0 Å². The normalized spacial score (nSPS) is 18.5. The van der Waals surface area contributed by atoms with Crippen molar-refractivity contribution in [1.82, 2.24) is 0 Å². The van der Waals surface area contributed by atoms with Crippen LogP contribution in [0.4, 0.5) is 0 Å². The summed E-state index contributed by atoms with van der Waals surface area (Å²) >= 11 is 0. The highest BCUT2D eigenvalue weighted by Crippen LogP contribution is 2.37. The Hall–Kier alpha value is -1.31. The largest absolute Gasteiger partial charge is 0.490 e. The van der Waals surface area contributed by atoms with Crippen LogP contribution in [0, 0.1) is 20.8 Å². The Bertz CT molecular complexity index is 486. The molecule has 1 aromatic carbocycles. The van der Waals surface area contributed by atoms with Gasteiger partial charge in [0.1, 0.15) is 5.75 Å². The molecule has 0 radical (unpaired) electrons. The maximum Gasteiger partial charge on any atom is 0.160 e. The zero-order chi connectivity index (χ0) is 12.7. The Morgan fingerprint density at radius 2 is 1.82 bits per heavy atom. The van der Waals surface area contributed by atoms with Crippen LogP contribution < -0.4 is 4.74 Å². The fourth-order valence-electron chi connectivity index (χ4n) is 2.78. The molecule has 0 aliphatic carbocycles. The van der Waals surface area contributed by atoms with Gasteiger partial charge < -0.3 is 4.74 Å². The van der Waals surface area contributed by atoms with Crippen LogP contribution in [0.3, 0.4) is 0 Å². The smallest absolute Gasteiger partial charge is 0.160 e. The van der Waals surface area contributed by atoms with Gasteiger partial charge in [-0.05, 0) is 69.7 Å². The minimum Gasteiger partial charge on any atom is -0.490 e. The predicted molar refractivity (Wildman–Crippen MR) is 69.1 cm³/mol. The molecule has 1 aromatic rings. The van der Waals surface area contributed by atoms with Crippen molar-refractivity contribution in [1.29, 1.82) is 0 Å². The van der Waals surface area contributed by atoms with Crippen LogP contribution in [0.15, 0.2) is 0 Å². The second-order valence-electron chi connectivity index (χ2n) is 5.08. The van der Waals surface area contributed by atoms with Crippen LogP contribution in [0.5, 0.6) is 5.75 Å². The molecule has 2 rings (SSSR count). The Kier molecular flexibility index (Phi) is 2.98. The van der Waals surface area contributed by atoms with Crippen LogP contribution >= 0.6 is 0 Å². The first-order chi connectivity index (χ1) is 7.93. The second kappa shape index (κ2) is 4.17. The molecule has 0 amide bonds. The number of ether oxygens (including phenoxy) is 1. The minimum absolute atomic E-state index is 0.157. The molecule has 1 atom stereocenters. The monoisotopic (exact) mass is 232 g/mol. The molecule has 0 spiro atoms. The summed E-state index contributed by atoms with van der Waals surface area (Å²) < 4.78 is 5.95. The van der Waals surface area contributed by atoms with Crippen LogP contribution in [-0.4, -0.2) is 11.9 Å². The fourth-order valence-corrected chi connectivity index (χ4v) is 2.78. The Labute approximate surface area is 103 Å². The molecule has 92 valence electrons. The molecule has 1 aliphatic heterocycles. The first-order valence-electron chi connectivity index (χ1n) is 6.23. The van der Waals surface area contributed by atoms with E-state index in [2.05, 4.69) is 13.8 Å². The number of carbonyl (C=O) groups is 1. The summed E-state index contributed by atoms with van der Waals surface area (Å²) in [6.45, 7) is 9.86. The predicted octanol–water partition coefficient (Wildman–Crippen LogP) is 3.53. The number of hydrogen-bond acceptors (Lipinski definition) is 2. The summed E-state index contributed by atoms with van der Waals surface area (Å²) in [5.74, 6) is 1.17. The van der Waals surface area contributed by atoms with Gasteiger partial charge in [-0.25, -0.2) is 0 Å². The zero-order valence-corrected chi connectivity index (χ0v) is 11.3. The van der Waals surface area contributed by atoms with Gasteiger partial charge >= 0.3 is 0 Å². The van der Waals surface area contributed by atoms with Crippen molar-refractivity contribution in [2.75, 3.05) is 0 Å². The van der Waals surface area contributed by atoms with E-state index in [9.17, 15) is 4.79 Å². The van der Waals surface area contributed by atoms with Crippen LogP contribution in [0.25, 0.3) is 0 Å². The van der Waals surface area contributed by atoms with Crippen molar-refractivity contribution in [3.05, 3.63) is 27.8 Å². The summed E-state index contributed by atoms with van der Waals surface area (Å²) in [6, 6.07) is 0. The van der Waals surface area contributed by atoms with E-state index in [4.69, 9.17) is 4.74 Å². The van der Waals surface area contributed by atoms with E-state index in [0.717, 1.165) is 40.8 Å². The third-order valence-electron chi connectivity index (χ3n) is 3.85. The molecule has 0 fully saturated rings. The molecule has 0 saturated carbocycles. The SMILES string of the molecule is CC(=O)c1c(C)c(C)c2c(c1C)CCC(C)O2. The van der Waals surface area contributed by atoms with Crippen LogP contribution in [0.1, 0.15) is 52.9 Å². The first-order valence-corrected chi connectivity index (χ1v) is 6.23. The number of fused-ring (bicyclic) bond motifs is 1. The lowest BCUT2D eigenvalue weighted by Crippen LogP contribution is -2.22. The Balaban J connectivity index is 2.71. The molecule has 0 bridgehead atoms. The van der Waals surface area contributed by atoms with E-state index < -0.39 is 0 Å². The van der Waals surface area contributed by atoms with E-state index in [1.165, 1.54) is 5.56 Å². The standard InChI is InChI=1S/C15H20O2/c1-8-6-7-13-11(4)14(12(5)16)9(2)10(3)15(13)17-8/h8H,6-7H2,1-5H3. The lowest BCUT2D eigenvalue weighted by molar-refractivity contribution is 0.101. The second-order valence-corrected chi connectivity index (χ2v) is 5.08. The number of benzene rings is 1. The minimum atomic E-state index is 0.157. The van der Waals surface area contributed by atoms with Gasteiger partial charge in [0.25, 0.3) is 0 Å². The molecular formula is C15H20O2. The molecular weight excluding hydrogens is 212 g/mol.